The molecule has 3 N–H and O–H groups in total. The number of thioether (sulfide) groups is 1. The van der Waals surface area contributed by atoms with Crippen molar-refractivity contribution in [2.75, 3.05) is 5.75 Å². The van der Waals surface area contributed by atoms with Gasteiger partial charge >= 0.3 is 0 Å². The van der Waals surface area contributed by atoms with Gasteiger partial charge in [0.2, 0.25) is 0 Å². The first kappa shape index (κ1) is 11.0. The van der Waals surface area contributed by atoms with E-state index < -0.39 is 0 Å². The summed E-state index contributed by atoms with van der Waals surface area (Å²) in [5.74, 6) is 0.503. The Morgan fingerprint density at radius 2 is 2.29 bits per heavy atom. The number of rotatable bonds is 4. The first-order valence-corrected chi connectivity index (χ1v) is 5.40. The lowest BCUT2D eigenvalue weighted by atomic mass is 10.2. The number of nitrogen functional groups attached to an aromatic ring is 1. The lowest BCUT2D eigenvalue weighted by Gasteiger charge is -2.03. The third kappa shape index (κ3) is 2.73. The Kier molecular flexibility index (Phi) is 3.95. The van der Waals surface area contributed by atoms with Crippen LogP contribution in [0.5, 0.6) is 0 Å². The predicted molar refractivity (Wildman–Crippen MR) is 58.4 cm³/mol. The third-order valence-electron chi connectivity index (χ3n) is 1.70. The summed E-state index contributed by atoms with van der Waals surface area (Å²) in [5, 5.41) is 7.14. The monoisotopic (exact) mass is 212 g/mol. The largest absolute Gasteiger partial charge is 0.384 e. The number of benzene rings is 1. The van der Waals surface area contributed by atoms with Gasteiger partial charge in [-0.2, -0.15) is 0 Å². The van der Waals surface area contributed by atoms with Gasteiger partial charge in [-0.1, -0.05) is 6.92 Å². The van der Waals surface area contributed by atoms with Crippen LogP contribution in [0.2, 0.25) is 0 Å². The molecular formula is C10H13FN2S. The Balaban J connectivity index is 2.84. The maximum Gasteiger partial charge on any atom is 0.137 e. The molecule has 0 unspecified atom stereocenters. The smallest absolute Gasteiger partial charge is 0.137 e. The Morgan fingerprint density at radius 3 is 2.79 bits per heavy atom. The topological polar surface area (TPSA) is 49.9 Å². The summed E-state index contributed by atoms with van der Waals surface area (Å²) >= 11 is 1.48. The molecule has 0 saturated heterocycles. The van der Waals surface area contributed by atoms with Crippen LogP contribution < -0.4 is 5.73 Å². The van der Waals surface area contributed by atoms with Crippen LogP contribution >= 0.6 is 11.8 Å². The molecule has 0 bridgehead atoms. The molecule has 0 heterocycles. The first-order valence-electron chi connectivity index (χ1n) is 4.42. The van der Waals surface area contributed by atoms with Gasteiger partial charge in [0.15, 0.2) is 0 Å². The summed E-state index contributed by atoms with van der Waals surface area (Å²) in [5.41, 5.74) is 5.68. The fourth-order valence-electron chi connectivity index (χ4n) is 0.997. The van der Waals surface area contributed by atoms with Gasteiger partial charge in [0.05, 0.1) is 0 Å². The van der Waals surface area contributed by atoms with Crippen LogP contribution in [0.4, 0.5) is 4.39 Å². The molecule has 0 aliphatic carbocycles. The van der Waals surface area contributed by atoms with Crippen molar-refractivity contribution >= 4 is 17.6 Å². The Hall–Kier alpha value is -1.03. The van der Waals surface area contributed by atoms with Crippen LogP contribution in [0.3, 0.4) is 0 Å². The maximum absolute atomic E-state index is 13.4. The fraction of sp³-hybridized carbons (Fsp3) is 0.300. The number of amidine groups is 1. The van der Waals surface area contributed by atoms with Crippen LogP contribution in [-0.2, 0) is 0 Å². The number of hydrogen-bond acceptors (Lipinski definition) is 2. The number of halogens is 1. The molecule has 0 aromatic heterocycles. The molecule has 0 saturated carbocycles. The summed E-state index contributed by atoms with van der Waals surface area (Å²) < 4.78 is 13.4. The average molecular weight is 212 g/mol. The minimum Gasteiger partial charge on any atom is -0.384 e. The third-order valence-corrected chi connectivity index (χ3v) is 2.96. The van der Waals surface area contributed by atoms with Crippen molar-refractivity contribution < 1.29 is 4.39 Å². The molecule has 0 fully saturated rings. The predicted octanol–water partition coefficient (Wildman–Crippen LogP) is 2.61. The van der Waals surface area contributed by atoms with Gasteiger partial charge in [0.25, 0.3) is 0 Å². The van der Waals surface area contributed by atoms with Crippen molar-refractivity contribution in [1.29, 1.82) is 5.41 Å². The Morgan fingerprint density at radius 1 is 1.57 bits per heavy atom. The highest BCUT2D eigenvalue weighted by atomic mass is 32.2. The van der Waals surface area contributed by atoms with Crippen LogP contribution in [-0.4, -0.2) is 11.6 Å². The zero-order valence-electron chi connectivity index (χ0n) is 8.01. The van der Waals surface area contributed by atoms with Crippen molar-refractivity contribution in [2.45, 2.75) is 18.2 Å². The highest BCUT2D eigenvalue weighted by molar-refractivity contribution is 7.99. The van der Waals surface area contributed by atoms with Gasteiger partial charge in [0, 0.05) is 10.5 Å². The Bertz CT molecular complexity index is 339. The van der Waals surface area contributed by atoms with E-state index in [2.05, 4.69) is 6.92 Å². The van der Waals surface area contributed by atoms with E-state index in [4.69, 9.17) is 11.1 Å². The molecule has 0 aliphatic heterocycles. The molecule has 0 amide bonds. The fourth-order valence-corrected chi connectivity index (χ4v) is 1.78. The van der Waals surface area contributed by atoms with Crippen molar-refractivity contribution in [3.8, 4) is 0 Å². The zero-order chi connectivity index (χ0) is 10.6. The standard InChI is InChI=1S/C10H13FN2S/c1-2-5-14-9-4-3-7(10(12)13)6-8(9)11/h3-4,6H,2,5H2,1H3,(H3,12,13). The molecular weight excluding hydrogens is 199 g/mol. The molecule has 1 rings (SSSR count). The summed E-state index contributed by atoms with van der Waals surface area (Å²) in [6.07, 6.45) is 1.01. The van der Waals surface area contributed by atoms with Crippen LogP contribution in [0.15, 0.2) is 23.1 Å². The first-order chi connectivity index (χ1) is 6.65. The highest BCUT2D eigenvalue weighted by Gasteiger charge is 2.04. The molecule has 2 nitrogen and oxygen atoms in total. The van der Waals surface area contributed by atoms with Gasteiger partial charge in [-0.3, -0.25) is 5.41 Å². The van der Waals surface area contributed by atoms with Crippen molar-refractivity contribution in [1.82, 2.24) is 0 Å². The van der Waals surface area contributed by atoms with Gasteiger partial charge < -0.3 is 5.73 Å². The van der Waals surface area contributed by atoms with Crippen molar-refractivity contribution in [3.63, 3.8) is 0 Å². The SMILES string of the molecule is CCCSc1ccc(C(=N)N)cc1F. The van der Waals surface area contributed by atoms with E-state index in [1.54, 1.807) is 12.1 Å². The molecule has 76 valence electrons. The van der Waals surface area contributed by atoms with Crippen molar-refractivity contribution in [2.24, 2.45) is 5.73 Å². The number of hydrogen-bond donors (Lipinski definition) is 2. The molecule has 4 heteroatoms. The van der Waals surface area contributed by atoms with Crippen LogP contribution in [0.1, 0.15) is 18.9 Å². The molecule has 14 heavy (non-hydrogen) atoms. The zero-order valence-corrected chi connectivity index (χ0v) is 8.83. The van der Waals surface area contributed by atoms with Gasteiger partial charge in [-0.25, -0.2) is 4.39 Å². The summed E-state index contributed by atoms with van der Waals surface area (Å²) in [6, 6.07) is 4.65. The van der Waals surface area contributed by atoms with Crippen LogP contribution in [0, 0.1) is 11.2 Å². The molecule has 0 atom stereocenters. The molecule has 1 aromatic carbocycles. The van der Waals surface area contributed by atoms with E-state index >= 15 is 0 Å². The minimum absolute atomic E-state index is 0.101. The highest BCUT2D eigenvalue weighted by Crippen LogP contribution is 2.22. The van der Waals surface area contributed by atoms with Crippen LogP contribution in [0.25, 0.3) is 0 Å². The van der Waals surface area contributed by atoms with E-state index in [0.717, 1.165) is 12.2 Å². The second kappa shape index (κ2) is 5.00. The Labute approximate surface area is 87.2 Å². The molecule has 0 aliphatic rings. The summed E-state index contributed by atoms with van der Waals surface area (Å²) in [6.45, 7) is 2.05. The minimum atomic E-state index is -0.295. The van der Waals surface area contributed by atoms with Gasteiger partial charge in [0.1, 0.15) is 11.7 Å². The van der Waals surface area contributed by atoms with E-state index in [1.165, 1.54) is 17.8 Å². The summed E-state index contributed by atoms with van der Waals surface area (Å²) in [7, 11) is 0. The lowest BCUT2D eigenvalue weighted by Crippen LogP contribution is -2.11. The van der Waals surface area contributed by atoms with E-state index in [-0.39, 0.29) is 11.7 Å². The quantitative estimate of drug-likeness (QED) is 0.458. The lowest BCUT2D eigenvalue weighted by molar-refractivity contribution is 0.601. The van der Waals surface area contributed by atoms with E-state index in [9.17, 15) is 4.39 Å². The normalized spacial score (nSPS) is 10.1. The number of nitrogens with one attached hydrogen (secondary N) is 1. The van der Waals surface area contributed by atoms with Gasteiger partial charge in [-0.15, -0.1) is 11.8 Å². The van der Waals surface area contributed by atoms with E-state index in [1.807, 2.05) is 0 Å². The van der Waals surface area contributed by atoms with E-state index in [0.29, 0.717) is 10.5 Å². The molecule has 0 spiro atoms. The summed E-state index contributed by atoms with van der Waals surface area (Å²) in [4.78, 5) is 0.622. The molecule has 1 aromatic rings. The molecule has 0 radical (unpaired) electrons. The van der Waals surface area contributed by atoms with Gasteiger partial charge in [-0.05, 0) is 30.4 Å². The average Bonchev–Trinajstić information content (AvgIpc) is 2.15. The second-order valence-electron chi connectivity index (χ2n) is 2.91. The van der Waals surface area contributed by atoms with Crippen molar-refractivity contribution in [3.05, 3.63) is 29.6 Å². The maximum atomic E-state index is 13.4. The second-order valence-corrected chi connectivity index (χ2v) is 4.04. The number of nitrogens with two attached hydrogens (primary N) is 1.